The van der Waals surface area contributed by atoms with Crippen LogP contribution >= 0.6 is 0 Å². The first-order valence-corrected chi connectivity index (χ1v) is 8.97. The molecule has 4 rings (SSSR count). The zero-order chi connectivity index (χ0) is 19.1. The Kier molecular flexibility index (Phi) is 4.18. The summed E-state index contributed by atoms with van der Waals surface area (Å²) in [5, 5.41) is 6.84. The van der Waals surface area contributed by atoms with Crippen molar-refractivity contribution in [3.63, 3.8) is 0 Å². The molecule has 1 aliphatic heterocycles. The number of nitrogens with one attached hydrogen (secondary N) is 1. The number of aromatic nitrogens is 4. The molecule has 8 nitrogen and oxygen atoms in total. The molecule has 2 aromatic heterocycles. The Hall–Kier alpha value is -3.16. The normalized spacial score (nSPS) is 17.5. The highest BCUT2D eigenvalue weighted by Gasteiger charge is 2.31. The summed E-state index contributed by atoms with van der Waals surface area (Å²) in [7, 11) is 1.93. The smallest absolute Gasteiger partial charge is 0.274 e. The Morgan fingerprint density at radius 1 is 1.19 bits per heavy atom. The van der Waals surface area contributed by atoms with Crippen LogP contribution in [0.3, 0.4) is 0 Å². The number of H-pyrrole nitrogens is 1. The predicted octanol–water partition coefficient (Wildman–Crippen LogP) is 1.59. The first-order valence-electron chi connectivity index (χ1n) is 8.97. The molecule has 1 fully saturated rings. The molecule has 3 heterocycles. The number of hydrogen-bond acceptors (Lipinski definition) is 4. The van der Waals surface area contributed by atoms with Crippen molar-refractivity contribution >= 4 is 22.8 Å². The van der Waals surface area contributed by atoms with Crippen LogP contribution in [0, 0.1) is 6.92 Å². The Bertz CT molecular complexity index is 1020. The third-order valence-corrected chi connectivity index (χ3v) is 5.07. The predicted molar refractivity (Wildman–Crippen MR) is 100 cm³/mol. The minimum atomic E-state index is -0.104. The fourth-order valence-corrected chi connectivity index (χ4v) is 3.57. The number of aromatic amines is 1. The van der Waals surface area contributed by atoms with Crippen LogP contribution in [0.25, 0.3) is 11.0 Å². The van der Waals surface area contributed by atoms with E-state index in [1.54, 1.807) is 17.3 Å². The second-order valence-electron chi connectivity index (χ2n) is 7.09. The van der Waals surface area contributed by atoms with E-state index >= 15 is 0 Å². The van der Waals surface area contributed by atoms with Gasteiger partial charge in [0.1, 0.15) is 5.69 Å². The largest absolute Gasteiger partial charge is 0.334 e. The number of imidazole rings is 1. The molecule has 1 atom stereocenters. The van der Waals surface area contributed by atoms with Gasteiger partial charge in [-0.2, -0.15) is 5.10 Å². The van der Waals surface area contributed by atoms with Gasteiger partial charge in [-0.15, -0.1) is 0 Å². The standard InChI is InChI=1S/C19H22N6O2/c1-12-8-16(22-21-12)19(27)24-6-7-25(13(2)10-24)18(26)14-4-5-17-15(9-14)20-11-23(17)3/h4-5,8-9,11,13H,6-7,10H2,1-3H3,(H,21,22)/t13-/m1/s1. The summed E-state index contributed by atoms with van der Waals surface area (Å²) >= 11 is 0. The molecular formula is C19H22N6O2. The van der Waals surface area contributed by atoms with Crippen molar-refractivity contribution in [2.75, 3.05) is 19.6 Å². The second kappa shape index (κ2) is 6.53. The summed E-state index contributed by atoms with van der Waals surface area (Å²) in [5.74, 6) is -0.133. The zero-order valence-corrected chi connectivity index (χ0v) is 15.6. The van der Waals surface area contributed by atoms with Gasteiger partial charge in [0, 0.05) is 44.0 Å². The van der Waals surface area contributed by atoms with E-state index in [1.165, 1.54) is 0 Å². The fourth-order valence-electron chi connectivity index (χ4n) is 3.57. The third-order valence-electron chi connectivity index (χ3n) is 5.07. The van der Waals surface area contributed by atoms with Crippen LogP contribution in [-0.2, 0) is 7.05 Å². The van der Waals surface area contributed by atoms with Crippen LogP contribution in [0.2, 0.25) is 0 Å². The van der Waals surface area contributed by atoms with Crippen LogP contribution in [-0.4, -0.2) is 67.0 Å². The summed E-state index contributed by atoms with van der Waals surface area (Å²) in [5.41, 5.74) is 3.68. The topological polar surface area (TPSA) is 87.1 Å². The van der Waals surface area contributed by atoms with E-state index in [2.05, 4.69) is 15.2 Å². The van der Waals surface area contributed by atoms with E-state index in [9.17, 15) is 9.59 Å². The molecule has 0 aliphatic carbocycles. The van der Waals surface area contributed by atoms with Gasteiger partial charge in [0.25, 0.3) is 11.8 Å². The van der Waals surface area contributed by atoms with Gasteiger partial charge in [-0.05, 0) is 38.1 Å². The molecule has 1 saturated heterocycles. The van der Waals surface area contributed by atoms with E-state index < -0.39 is 0 Å². The molecule has 27 heavy (non-hydrogen) atoms. The van der Waals surface area contributed by atoms with E-state index in [0.717, 1.165) is 16.7 Å². The molecule has 1 N–H and O–H groups in total. The Labute approximate surface area is 156 Å². The third kappa shape index (κ3) is 3.07. The summed E-state index contributed by atoms with van der Waals surface area (Å²) in [6, 6.07) is 7.25. The lowest BCUT2D eigenvalue weighted by Crippen LogP contribution is -2.55. The van der Waals surface area contributed by atoms with Crippen molar-refractivity contribution in [1.82, 2.24) is 29.5 Å². The average Bonchev–Trinajstić information content (AvgIpc) is 3.26. The molecule has 8 heteroatoms. The number of carbonyl (C=O) groups excluding carboxylic acids is 2. The zero-order valence-electron chi connectivity index (χ0n) is 15.6. The summed E-state index contributed by atoms with van der Waals surface area (Å²) in [6.07, 6.45) is 1.74. The molecule has 3 aromatic rings. The number of piperazine rings is 1. The number of fused-ring (bicyclic) bond motifs is 1. The maximum atomic E-state index is 13.0. The van der Waals surface area contributed by atoms with Crippen molar-refractivity contribution in [2.45, 2.75) is 19.9 Å². The van der Waals surface area contributed by atoms with Gasteiger partial charge in [0.2, 0.25) is 0 Å². The van der Waals surface area contributed by atoms with Gasteiger partial charge in [-0.1, -0.05) is 0 Å². The van der Waals surface area contributed by atoms with Crippen LogP contribution in [0.5, 0.6) is 0 Å². The van der Waals surface area contributed by atoms with Crippen molar-refractivity contribution < 1.29 is 9.59 Å². The molecule has 1 aromatic carbocycles. The van der Waals surface area contributed by atoms with Gasteiger partial charge in [0.15, 0.2) is 0 Å². The van der Waals surface area contributed by atoms with Crippen molar-refractivity contribution in [3.05, 3.63) is 47.5 Å². The van der Waals surface area contributed by atoms with Gasteiger partial charge in [-0.3, -0.25) is 14.7 Å². The molecule has 1 aliphatic rings. The molecule has 140 valence electrons. The molecular weight excluding hydrogens is 344 g/mol. The number of aryl methyl sites for hydroxylation is 2. The first-order chi connectivity index (χ1) is 12.9. The maximum absolute atomic E-state index is 13.0. The maximum Gasteiger partial charge on any atom is 0.274 e. The van der Waals surface area contributed by atoms with E-state index in [1.807, 2.05) is 48.6 Å². The number of rotatable bonds is 2. The highest BCUT2D eigenvalue weighted by Crippen LogP contribution is 2.19. The van der Waals surface area contributed by atoms with E-state index in [4.69, 9.17) is 0 Å². The van der Waals surface area contributed by atoms with E-state index in [-0.39, 0.29) is 17.9 Å². The van der Waals surface area contributed by atoms with Crippen molar-refractivity contribution in [2.24, 2.45) is 7.05 Å². The average molecular weight is 366 g/mol. The monoisotopic (exact) mass is 366 g/mol. The number of benzene rings is 1. The SMILES string of the molecule is Cc1cc(C(=O)N2CCN(C(=O)c3ccc4c(c3)ncn4C)[C@H](C)C2)n[nH]1. The number of amides is 2. The van der Waals surface area contributed by atoms with Gasteiger partial charge >= 0.3 is 0 Å². The highest BCUT2D eigenvalue weighted by atomic mass is 16.2. The van der Waals surface area contributed by atoms with Crippen LogP contribution in [0.4, 0.5) is 0 Å². The molecule has 2 amide bonds. The number of nitrogens with zero attached hydrogens (tertiary/aromatic N) is 5. The Morgan fingerprint density at radius 2 is 2.00 bits per heavy atom. The van der Waals surface area contributed by atoms with Gasteiger partial charge in [0.05, 0.1) is 17.4 Å². The lowest BCUT2D eigenvalue weighted by molar-refractivity contribution is 0.0411. The van der Waals surface area contributed by atoms with Gasteiger partial charge in [-0.25, -0.2) is 4.98 Å². The minimum absolute atomic E-state index is 0.0298. The molecule has 0 bridgehead atoms. The number of carbonyl (C=O) groups is 2. The van der Waals surface area contributed by atoms with Crippen LogP contribution in [0.1, 0.15) is 33.5 Å². The Morgan fingerprint density at radius 3 is 2.70 bits per heavy atom. The number of hydrogen-bond donors (Lipinski definition) is 1. The second-order valence-corrected chi connectivity index (χ2v) is 7.09. The van der Waals surface area contributed by atoms with Crippen LogP contribution < -0.4 is 0 Å². The van der Waals surface area contributed by atoms with E-state index in [0.29, 0.717) is 30.9 Å². The molecule has 0 unspecified atom stereocenters. The van der Waals surface area contributed by atoms with Crippen molar-refractivity contribution in [3.8, 4) is 0 Å². The first kappa shape index (κ1) is 17.3. The molecule has 0 spiro atoms. The summed E-state index contributed by atoms with van der Waals surface area (Å²) < 4.78 is 1.92. The molecule has 0 radical (unpaired) electrons. The fraction of sp³-hybridized carbons (Fsp3) is 0.368. The highest BCUT2D eigenvalue weighted by molar-refractivity contribution is 5.98. The summed E-state index contributed by atoms with van der Waals surface area (Å²) in [6.45, 7) is 5.30. The van der Waals surface area contributed by atoms with Crippen LogP contribution in [0.15, 0.2) is 30.6 Å². The minimum Gasteiger partial charge on any atom is -0.334 e. The summed E-state index contributed by atoms with van der Waals surface area (Å²) in [4.78, 5) is 33.5. The molecule has 0 saturated carbocycles. The quantitative estimate of drug-likeness (QED) is 0.746. The van der Waals surface area contributed by atoms with Gasteiger partial charge < -0.3 is 14.4 Å². The van der Waals surface area contributed by atoms with Crippen molar-refractivity contribution in [1.29, 1.82) is 0 Å². The Balaban J connectivity index is 1.48. The lowest BCUT2D eigenvalue weighted by atomic mass is 10.1. The lowest BCUT2D eigenvalue weighted by Gasteiger charge is -2.39.